The minimum absolute atomic E-state index is 0.117. The second-order valence-electron chi connectivity index (χ2n) is 9.08. The molecule has 0 bridgehead atoms. The van der Waals surface area contributed by atoms with Crippen LogP contribution < -0.4 is 10.5 Å². The summed E-state index contributed by atoms with van der Waals surface area (Å²) in [4.78, 5) is 36.0. The van der Waals surface area contributed by atoms with Gasteiger partial charge in [0.05, 0.1) is 10.5 Å². The van der Waals surface area contributed by atoms with E-state index in [1.165, 1.54) is 11.8 Å². The third kappa shape index (κ3) is 4.35. The Hall–Kier alpha value is -2.19. The number of anilines is 1. The molecule has 0 spiro atoms. The molecule has 8 heteroatoms. The summed E-state index contributed by atoms with van der Waals surface area (Å²) in [7, 11) is 0. The number of pyridine rings is 1. The van der Waals surface area contributed by atoms with E-state index in [0.717, 1.165) is 37.9 Å². The van der Waals surface area contributed by atoms with Crippen LogP contribution in [0.15, 0.2) is 28.0 Å². The molecule has 1 amide bonds. The maximum absolute atomic E-state index is 13.6. The van der Waals surface area contributed by atoms with Crippen LogP contribution in [-0.4, -0.2) is 44.1 Å². The summed E-state index contributed by atoms with van der Waals surface area (Å²) in [6.45, 7) is 10.8. The van der Waals surface area contributed by atoms with Gasteiger partial charge in [0, 0.05) is 25.8 Å². The first-order valence-electron chi connectivity index (χ1n) is 11.3. The summed E-state index contributed by atoms with van der Waals surface area (Å²) in [6.07, 6.45) is 6.50. The highest BCUT2D eigenvalue weighted by molar-refractivity contribution is 8.26. The lowest BCUT2D eigenvalue weighted by Crippen LogP contribution is -2.40. The van der Waals surface area contributed by atoms with Gasteiger partial charge in [0.1, 0.15) is 15.8 Å². The summed E-state index contributed by atoms with van der Waals surface area (Å²) in [5.74, 6) is 1.57. The fourth-order valence-corrected chi connectivity index (χ4v) is 5.93. The molecule has 2 fully saturated rings. The lowest BCUT2D eigenvalue weighted by molar-refractivity contribution is -0.122. The van der Waals surface area contributed by atoms with Gasteiger partial charge in [-0.25, -0.2) is 4.98 Å². The predicted octanol–water partition coefficient (Wildman–Crippen LogP) is 4.49. The van der Waals surface area contributed by atoms with Gasteiger partial charge in [0.2, 0.25) is 0 Å². The van der Waals surface area contributed by atoms with Gasteiger partial charge in [-0.1, -0.05) is 57.2 Å². The molecule has 2 atom stereocenters. The minimum atomic E-state index is -0.154. The maximum Gasteiger partial charge on any atom is 0.267 e. The standard InChI is InChI=1S/C24H30N4O2S2/c1-5-6-9-28-23(30)19(32-24(28)31)12-18-21(26-13-15(2)11-16(3)14-26)25-20-17(4)8-7-10-27(20)22(18)29/h7-8,10,12,15-16H,5-6,9,11,13-14H2,1-4H3. The van der Waals surface area contributed by atoms with Gasteiger partial charge in [-0.15, -0.1) is 0 Å². The molecule has 2 saturated heterocycles. The average molecular weight is 471 g/mol. The van der Waals surface area contributed by atoms with Crippen molar-refractivity contribution in [3.8, 4) is 0 Å². The number of aromatic nitrogens is 2. The van der Waals surface area contributed by atoms with Gasteiger partial charge in [-0.3, -0.25) is 18.9 Å². The number of nitrogens with zero attached hydrogens (tertiary/aromatic N) is 4. The van der Waals surface area contributed by atoms with Crippen LogP contribution in [0.1, 0.15) is 51.2 Å². The molecule has 32 heavy (non-hydrogen) atoms. The number of rotatable bonds is 5. The highest BCUT2D eigenvalue weighted by atomic mass is 32.2. The normalized spacial score (nSPS) is 23.1. The van der Waals surface area contributed by atoms with Crippen molar-refractivity contribution in [3.63, 3.8) is 0 Å². The van der Waals surface area contributed by atoms with Gasteiger partial charge in [0.15, 0.2) is 0 Å². The van der Waals surface area contributed by atoms with E-state index in [9.17, 15) is 9.59 Å². The molecular weight excluding hydrogens is 440 g/mol. The van der Waals surface area contributed by atoms with Crippen LogP contribution in [-0.2, 0) is 4.79 Å². The zero-order chi connectivity index (χ0) is 23.0. The molecule has 2 aliphatic rings. The van der Waals surface area contributed by atoms with Gasteiger partial charge >= 0.3 is 0 Å². The zero-order valence-corrected chi connectivity index (χ0v) is 20.8. The van der Waals surface area contributed by atoms with Gasteiger partial charge < -0.3 is 4.90 Å². The molecule has 170 valence electrons. The van der Waals surface area contributed by atoms with Crippen molar-refractivity contribution in [2.75, 3.05) is 24.5 Å². The lowest BCUT2D eigenvalue weighted by Gasteiger charge is -2.36. The first-order chi connectivity index (χ1) is 15.3. The molecule has 0 radical (unpaired) electrons. The monoisotopic (exact) mass is 470 g/mol. The largest absolute Gasteiger partial charge is 0.355 e. The van der Waals surface area contributed by atoms with E-state index in [-0.39, 0.29) is 11.5 Å². The average Bonchev–Trinajstić information content (AvgIpc) is 3.00. The highest BCUT2D eigenvalue weighted by Gasteiger charge is 2.33. The number of hydrogen-bond acceptors (Lipinski definition) is 6. The molecule has 0 saturated carbocycles. The third-order valence-corrected chi connectivity index (χ3v) is 7.49. The van der Waals surface area contributed by atoms with Crippen LogP contribution in [0.2, 0.25) is 0 Å². The van der Waals surface area contributed by atoms with E-state index < -0.39 is 0 Å². The number of hydrogen-bond donors (Lipinski definition) is 0. The van der Waals surface area contributed by atoms with E-state index in [1.54, 1.807) is 21.6 Å². The Kier molecular flexibility index (Phi) is 6.72. The van der Waals surface area contributed by atoms with Crippen molar-refractivity contribution in [1.82, 2.24) is 14.3 Å². The van der Waals surface area contributed by atoms with Crippen molar-refractivity contribution >= 4 is 51.7 Å². The quantitative estimate of drug-likeness (QED) is 0.474. The Morgan fingerprint density at radius 1 is 1.25 bits per heavy atom. The minimum Gasteiger partial charge on any atom is -0.355 e. The topological polar surface area (TPSA) is 57.9 Å². The number of fused-ring (bicyclic) bond motifs is 1. The molecule has 0 aromatic carbocycles. The molecule has 2 aliphatic heterocycles. The van der Waals surface area contributed by atoms with Gasteiger partial charge in [-0.05, 0) is 49.3 Å². The van der Waals surface area contributed by atoms with E-state index in [2.05, 4.69) is 25.7 Å². The number of carbonyl (C=O) groups is 1. The van der Waals surface area contributed by atoms with Gasteiger partial charge in [0.25, 0.3) is 11.5 Å². The van der Waals surface area contributed by atoms with Crippen LogP contribution in [0.4, 0.5) is 5.82 Å². The molecule has 0 N–H and O–H groups in total. The van der Waals surface area contributed by atoms with Crippen LogP contribution >= 0.6 is 24.0 Å². The van der Waals surface area contributed by atoms with Crippen molar-refractivity contribution in [2.24, 2.45) is 11.8 Å². The van der Waals surface area contributed by atoms with E-state index in [0.29, 0.717) is 44.6 Å². The summed E-state index contributed by atoms with van der Waals surface area (Å²) in [6, 6.07) is 3.82. The van der Waals surface area contributed by atoms with Crippen molar-refractivity contribution < 1.29 is 4.79 Å². The Morgan fingerprint density at radius 3 is 2.66 bits per heavy atom. The second-order valence-corrected chi connectivity index (χ2v) is 10.8. The van der Waals surface area contributed by atoms with Crippen LogP contribution in [0.5, 0.6) is 0 Å². The number of carbonyl (C=O) groups excluding carboxylic acids is 1. The smallest absolute Gasteiger partial charge is 0.267 e. The first-order valence-corrected chi connectivity index (χ1v) is 12.5. The zero-order valence-electron chi connectivity index (χ0n) is 19.1. The number of thioether (sulfide) groups is 1. The van der Waals surface area contributed by atoms with Crippen LogP contribution in [0.25, 0.3) is 11.7 Å². The Balaban J connectivity index is 1.85. The van der Waals surface area contributed by atoms with Crippen molar-refractivity contribution in [1.29, 1.82) is 0 Å². The number of aryl methyl sites for hydroxylation is 1. The molecule has 4 heterocycles. The van der Waals surface area contributed by atoms with Crippen LogP contribution in [0.3, 0.4) is 0 Å². The second kappa shape index (κ2) is 9.35. The summed E-state index contributed by atoms with van der Waals surface area (Å²) in [5, 5.41) is 0. The maximum atomic E-state index is 13.6. The first kappa shape index (κ1) is 23.0. The fourth-order valence-electron chi connectivity index (χ4n) is 4.64. The molecular formula is C24H30N4O2S2. The van der Waals surface area contributed by atoms with Crippen molar-refractivity contribution in [3.05, 3.63) is 44.7 Å². The Bertz CT molecular complexity index is 1150. The fraction of sp³-hybridized carbons (Fsp3) is 0.500. The Labute approximate surface area is 198 Å². The van der Waals surface area contributed by atoms with Gasteiger partial charge in [-0.2, -0.15) is 0 Å². The number of piperidine rings is 1. The Morgan fingerprint density at radius 2 is 1.97 bits per heavy atom. The molecule has 4 rings (SSSR count). The summed E-state index contributed by atoms with van der Waals surface area (Å²) in [5.41, 5.74) is 1.91. The molecule has 0 aliphatic carbocycles. The van der Waals surface area contributed by atoms with E-state index in [1.807, 2.05) is 19.1 Å². The molecule has 2 unspecified atom stereocenters. The van der Waals surface area contributed by atoms with Crippen molar-refractivity contribution in [2.45, 2.75) is 47.0 Å². The van der Waals surface area contributed by atoms with E-state index in [4.69, 9.17) is 17.2 Å². The number of thiocarbonyl (C=S) groups is 1. The third-order valence-electron chi connectivity index (χ3n) is 6.12. The SMILES string of the molecule is CCCCN1C(=O)C(=Cc2c(N3CC(C)CC(C)C3)nc3c(C)cccn3c2=O)SC1=S. The summed E-state index contributed by atoms with van der Waals surface area (Å²) >= 11 is 6.73. The lowest BCUT2D eigenvalue weighted by atomic mass is 9.91. The van der Waals surface area contributed by atoms with Crippen LogP contribution in [0, 0.1) is 18.8 Å². The molecule has 2 aromatic heterocycles. The number of amides is 1. The summed E-state index contributed by atoms with van der Waals surface area (Å²) < 4.78 is 2.14. The predicted molar refractivity (Wildman–Crippen MR) is 136 cm³/mol. The molecule has 6 nitrogen and oxygen atoms in total. The van der Waals surface area contributed by atoms with E-state index >= 15 is 0 Å². The molecule has 2 aromatic rings. The number of unbranched alkanes of at least 4 members (excludes halogenated alkanes) is 1. The highest BCUT2D eigenvalue weighted by Crippen LogP contribution is 2.34.